The summed E-state index contributed by atoms with van der Waals surface area (Å²) in [5, 5.41) is 18.9. The molecule has 0 saturated heterocycles. The molecular formula is C11H11NO3. The number of H-pyrrole nitrogens is 1. The van der Waals surface area contributed by atoms with Gasteiger partial charge in [0.25, 0.3) is 0 Å². The van der Waals surface area contributed by atoms with Gasteiger partial charge in [-0.15, -0.1) is 0 Å². The van der Waals surface area contributed by atoms with Gasteiger partial charge in [-0.3, -0.25) is 0 Å². The highest BCUT2D eigenvalue weighted by molar-refractivity contribution is 5.83. The van der Waals surface area contributed by atoms with Gasteiger partial charge in [-0.1, -0.05) is 18.2 Å². The number of para-hydroxylation sites is 1. The highest BCUT2D eigenvalue weighted by atomic mass is 16.4. The predicted molar refractivity (Wildman–Crippen MR) is 55.6 cm³/mol. The quantitative estimate of drug-likeness (QED) is 0.703. The van der Waals surface area contributed by atoms with Crippen LogP contribution in [0.4, 0.5) is 0 Å². The van der Waals surface area contributed by atoms with Gasteiger partial charge in [0.05, 0.1) is 0 Å². The lowest BCUT2D eigenvalue weighted by Gasteiger charge is -2.06. The van der Waals surface area contributed by atoms with E-state index < -0.39 is 12.1 Å². The number of carboxylic acid groups (broad SMARTS) is 1. The Morgan fingerprint density at radius 3 is 2.93 bits per heavy atom. The van der Waals surface area contributed by atoms with Crippen LogP contribution in [0, 0.1) is 0 Å². The smallest absolute Gasteiger partial charge is 0.332 e. The Hall–Kier alpha value is -1.81. The number of aromatic amines is 1. The number of rotatable bonds is 3. The summed E-state index contributed by atoms with van der Waals surface area (Å²) in [6, 6.07) is 7.50. The van der Waals surface area contributed by atoms with Crippen molar-refractivity contribution in [1.29, 1.82) is 0 Å². The molecule has 78 valence electrons. The zero-order valence-corrected chi connectivity index (χ0v) is 7.97. The molecular weight excluding hydrogens is 194 g/mol. The standard InChI is InChI=1S/C11H11NO3/c13-9(11(14)15)6-8-3-1-2-7-4-5-12-10(7)8/h1-5,9,12-13H,6H2,(H,14,15). The molecule has 0 amide bonds. The molecule has 0 fully saturated rings. The molecule has 4 heteroatoms. The molecule has 1 unspecified atom stereocenters. The van der Waals surface area contributed by atoms with Crippen LogP contribution >= 0.6 is 0 Å². The van der Waals surface area contributed by atoms with Gasteiger partial charge in [-0.05, 0) is 17.0 Å². The number of carboxylic acids is 1. The van der Waals surface area contributed by atoms with E-state index in [4.69, 9.17) is 5.11 Å². The van der Waals surface area contributed by atoms with E-state index >= 15 is 0 Å². The maximum atomic E-state index is 10.5. The number of aliphatic carboxylic acids is 1. The number of aliphatic hydroxyl groups is 1. The number of hydrogen-bond donors (Lipinski definition) is 3. The minimum Gasteiger partial charge on any atom is -0.479 e. The maximum absolute atomic E-state index is 10.5. The fourth-order valence-corrected chi connectivity index (χ4v) is 1.62. The van der Waals surface area contributed by atoms with Crippen LogP contribution in [0.3, 0.4) is 0 Å². The van der Waals surface area contributed by atoms with Gasteiger partial charge in [0.15, 0.2) is 6.10 Å². The first kappa shape index (κ1) is 9.73. The summed E-state index contributed by atoms with van der Waals surface area (Å²) in [6.45, 7) is 0. The number of aromatic nitrogens is 1. The lowest BCUT2D eigenvalue weighted by Crippen LogP contribution is -2.22. The second kappa shape index (κ2) is 3.74. The Balaban J connectivity index is 2.35. The van der Waals surface area contributed by atoms with E-state index in [-0.39, 0.29) is 6.42 Å². The Bertz CT molecular complexity index is 489. The molecule has 1 atom stereocenters. The van der Waals surface area contributed by atoms with Crippen LogP contribution in [-0.4, -0.2) is 27.3 Å². The van der Waals surface area contributed by atoms with E-state index in [1.165, 1.54) is 0 Å². The third-order valence-corrected chi connectivity index (χ3v) is 2.37. The van der Waals surface area contributed by atoms with Gasteiger partial charge in [-0.2, -0.15) is 0 Å². The lowest BCUT2D eigenvalue weighted by molar-refractivity contribution is -0.146. The summed E-state index contributed by atoms with van der Waals surface area (Å²) in [6.07, 6.45) is 0.563. The van der Waals surface area contributed by atoms with Crippen molar-refractivity contribution in [1.82, 2.24) is 4.98 Å². The monoisotopic (exact) mass is 205 g/mol. The number of benzene rings is 1. The van der Waals surface area contributed by atoms with Crippen LogP contribution < -0.4 is 0 Å². The van der Waals surface area contributed by atoms with Crippen LogP contribution in [0.15, 0.2) is 30.5 Å². The number of aliphatic hydroxyl groups excluding tert-OH is 1. The predicted octanol–water partition coefficient (Wildman–Crippen LogP) is 1.16. The van der Waals surface area contributed by atoms with Crippen molar-refractivity contribution < 1.29 is 15.0 Å². The van der Waals surface area contributed by atoms with Gasteiger partial charge in [0.1, 0.15) is 0 Å². The molecule has 3 N–H and O–H groups in total. The third-order valence-electron chi connectivity index (χ3n) is 2.37. The van der Waals surface area contributed by atoms with Crippen molar-refractivity contribution in [3.05, 3.63) is 36.0 Å². The molecule has 1 heterocycles. The molecule has 0 spiro atoms. The first-order chi connectivity index (χ1) is 7.18. The second-order valence-corrected chi connectivity index (χ2v) is 3.42. The topological polar surface area (TPSA) is 73.3 Å². The highest BCUT2D eigenvalue weighted by Crippen LogP contribution is 2.18. The van der Waals surface area contributed by atoms with E-state index in [1.54, 1.807) is 6.20 Å². The largest absolute Gasteiger partial charge is 0.479 e. The number of nitrogens with one attached hydrogen (secondary N) is 1. The van der Waals surface area contributed by atoms with Crippen molar-refractivity contribution in [3.63, 3.8) is 0 Å². The Morgan fingerprint density at radius 1 is 1.40 bits per heavy atom. The van der Waals surface area contributed by atoms with Crippen molar-refractivity contribution in [3.8, 4) is 0 Å². The Morgan fingerprint density at radius 2 is 2.20 bits per heavy atom. The zero-order valence-electron chi connectivity index (χ0n) is 7.97. The minimum absolute atomic E-state index is 0.118. The van der Waals surface area contributed by atoms with E-state index in [9.17, 15) is 9.90 Å². The van der Waals surface area contributed by atoms with Gasteiger partial charge in [0.2, 0.25) is 0 Å². The van der Waals surface area contributed by atoms with E-state index in [0.29, 0.717) is 0 Å². The third kappa shape index (κ3) is 1.85. The molecule has 15 heavy (non-hydrogen) atoms. The molecule has 0 saturated carbocycles. The van der Waals surface area contributed by atoms with Gasteiger partial charge in [0, 0.05) is 18.1 Å². The number of fused-ring (bicyclic) bond motifs is 1. The zero-order chi connectivity index (χ0) is 10.8. The van der Waals surface area contributed by atoms with Crippen LogP contribution in [0.25, 0.3) is 10.9 Å². The summed E-state index contributed by atoms with van der Waals surface area (Å²) in [5.74, 6) is -1.20. The molecule has 0 aliphatic rings. The lowest BCUT2D eigenvalue weighted by atomic mass is 10.1. The molecule has 1 aromatic heterocycles. The van der Waals surface area contributed by atoms with Crippen LogP contribution in [-0.2, 0) is 11.2 Å². The van der Waals surface area contributed by atoms with Crippen molar-refractivity contribution in [2.75, 3.05) is 0 Å². The van der Waals surface area contributed by atoms with Crippen LogP contribution in [0.1, 0.15) is 5.56 Å². The normalized spacial score (nSPS) is 12.9. The van der Waals surface area contributed by atoms with E-state index in [1.807, 2.05) is 24.3 Å². The summed E-state index contributed by atoms with van der Waals surface area (Å²) in [7, 11) is 0. The van der Waals surface area contributed by atoms with Gasteiger partial charge < -0.3 is 15.2 Å². The number of carbonyl (C=O) groups is 1. The molecule has 0 bridgehead atoms. The van der Waals surface area contributed by atoms with Crippen LogP contribution in [0.5, 0.6) is 0 Å². The Labute approximate surface area is 86.2 Å². The fourth-order valence-electron chi connectivity index (χ4n) is 1.62. The van der Waals surface area contributed by atoms with E-state index in [0.717, 1.165) is 16.5 Å². The van der Waals surface area contributed by atoms with Crippen molar-refractivity contribution in [2.45, 2.75) is 12.5 Å². The molecule has 1 aromatic carbocycles. The summed E-state index contributed by atoms with van der Waals surface area (Å²) in [5.41, 5.74) is 1.70. The molecule has 4 nitrogen and oxygen atoms in total. The second-order valence-electron chi connectivity index (χ2n) is 3.42. The average Bonchev–Trinajstić information content (AvgIpc) is 2.66. The summed E-state index contributed by atoms with van der Waals surface area (Å²) >= 11 is 0. The summed E-state index contributed by atoms with van der Waals surface area (Å²) < 4.78 is 0. The van der Waals surface area contributed by atoms with Gasteiger partial charge >= 0.3 is 5.97 Å². The van der Waals surface area contributed by atoms with Crippen molar-refractivity contribution >= 4 is 16.9 Å². The first-order valence-electron chi connectivity index (χ1n) is 4.64. The molecule has 0 aliphatic carbocycles. The average molecular weight is 205 g/mol. The maximum Gasteiger partial charge on any atom is 0.332 e. The fraction of sp³-hybridized carbons (Fsp3) is 0.182. The minimum atomic E-state index is -1.35. The van der Waals surface area contributed by atoms with Crippen LogP contribution in [0.2, 0.25) is 0 Å². The number of hydrogen-bond acceptors (Lipinski definition) is 2. The SMILES string of the molecule is O=C(O)C(O)Cc1cccc2cc[nH]c12. The van der Waals surface area contributed by atoms with Gasteiger partial charge in [-0.25, -0.2) is 4.79 Å². The molecule has 2 rings (SSSR count). The van der Waals surface area contributed by atoms with E-state index in [2.05, 4.69) is 4.98 Å². The summed E-state index contributed by atoms with van der Waals surface area (Å²) in [4.78, 5) is 13.5. The molecule has 0 radical (unpaired) electrons. The molecule has 2 aromatic rings. The van der Waals surface area contributed by atoms with Crippen molar-refractivity contribution in [2.24, 2.45) is 0 Å². The first-order valence-corrected chi connectivity index (χ1v) is 4.64. The highest BCUT2D eigenvalue weighted by Gasteiger charge is 2.15. The Kier molecular flexibility index (Phi) is 2.43. The molecule has 0 aliphatic heterocycles.